The van der Waals surface area contributed by atoms with Crippen molar-refractivity contribution in [3.05, 3.63) is 35.1 Å². The minimum Gasteiger partial charge on any atom is -0.369 e. The van der Waals surface area contributed by atoms with E-state index >= 15 is 0 Å². The molecule has 0 aliphatic carbocycles. The van der Waals surface area contributed by atoms with E-state index in [4.69, 9.17) is 4.84 Å². The molecule has 0 saturated carbocycles. The normalized spacial score (nSPS) is 20.2. The lowest BCUT2D eigenvalue weighted by atomic mass is 9.88. The van der Waals surface area contributed by atoms with E-state index in [1.54, 1.807) is 0 Å². The molecule has 1 aromatic rings. The van der Waals surface area contributed by atoms with Crippen molar-refractivity contribution in [2.75, 3.05) is 13.6 Å². The van der Waals surface area contributed by atoms with Gasteiger partial charge in [-0.25, -0.2) is 18.0 Å². The molecule has 0 spiro atoms. The molecule has 5 nitrogen and oxygen atoms in total. The summed E-state index contributed by atoms with van der Waals surface area (Å²) in [7, 11) is 1.41. The average Bonchev–Trinajstić information content (AvgIpc) is 3.03. The lowest BCUT2D eigenvalue weighted by Crippen LogP contribution is -2.56. The highest BCUT2D eigenvalue weighted by Crippen LogP contribution is 2.25. The van der Waals surface area contributed by atoms with Gasteiger partial charge >= 0.3 is 5.97 Å². The molecule has 1 atom stereocenters. The van der Waals surface area contributed by atoms with Gasteiger partial charge in [0.2, 0.25) is 0 Å². The van der Waals surface area contributed by atoms with Gasteiger partial charge in [-0.1, -0.05) is 0 Å². The average molecular weight is 344 g/mol. The van der Waals surface area contributed by atoms with Gasteiger partial charge < -0.3 is 4.84 Å². The van der Waals surface area contributed by atoms with Gasteiger partial charge in [-0.3, -0.25) is 10.1 Å². The van der Waals surface area contributed by atoms with Crippen LogP contribution in [0.4, 0.5) is 13.2 Å². The van der Waals surface area contributed by atoms with Crippen LogP contribution in [0.2, 0.25) is 0 Å². The van der Waals surface area contributed by atoms with Gasteiger partial charge in [-0.05, 0) is 43.9 Å². The molecule has 0 bridgehead atoms. The molecule has 0 unspecified atom stereocenters. The smallest absolute Gasteiger partial charge is 0.352 e. The predicted octanol–water partition coefficient (Wildman–Crippen LogP) is 1.80. The first-order valence-electron chi connectivity index (χ1n) is 7.70. The van der Waals surface area contributed by atoms with Crippen molar-refractivity contribution in [2.45, 2.75) is 37.6 Å². The van der Waals surface area contributed by atoms with Crippen LogP contribution >= 0.6 is 0 Å². The third-order valence-corrected chi connectivity index (χ3v) is 4.11. The van der Waals surface area contributed by atoms with Crippen molar-refractivity contribution in [1.29, 1.82) is 0 Å². The lowest BCUT2D eigenvalue weighted by Gasteiger charge is -2.25. The highest BCUT2D eigenvalue weighted by atomic mass is 19.2. The largest absolute Gasteiger partial charge is 0.369 e. The molecule has 0 aromatic heterocycles. The number of carbonyl (C=O) groups excluding carboxylic acids is 2. The Balaban J connectivity index is 1.99. The minimum absolute atomic E-state index is 0.00654. The Morgan fingerprint density at radius 1 is 1.25 bits per heavy atom. The zero-order valence-corrected chi connectivity index (χ0v) is 13.3. The molecule has 1 saturated heterocycles. The number of rotatable bonds is 7. The third kappa shape index (κ3) is 3.76. The summed E-state index contributed by atoms with van der Waals surface area (Å²) >= 11 is 0. The molecule has 1 fully saturated rings. The second-order valence-electron chi connectivity index (χ2n) is 5.66. The van der Waals surface area contributed by atoms with Gasteiger partial charge in [-0.15, -0.1) is 0 Å². The molecule has 132 valence electrons. The van der Waals surface area contributed by atoms with Crippen molar-refractivity contribution in [2.24, 2.45) is 0 Å². The number of nitrogens with one attached hydrogen (secondary N) is 2. The number of ketones is 1. The van der Waals surface area contributed by atoms with Crippen LogP contribution in [0.15, 0.2) is 12.1 Å². The van der Waals surface area contributed by atoms with Crippen LogP contribution in [0.5, 0.6) is 0 Å². The van der Waals surface area contributed by atoms with E-state index in [-0.39, 0.29) is 30.6 Å². The fraction of sp³-hybridized carbons (Fsp3) is 0.500. The van der Waals surface area contributed by atoms with Crippen molar-refractivity contribution in [3.63, 3.8) is 0 Å². The highest BCUT2D eigenvalue weighted by molar-refractivity contribution is 6.08. The summed E-state index contributed by atoms with van der Waals surface area (Å²) in [5.41, 5.74) is 0.857. The second-order valence-corrected chi connectivity index (χ2v) is 5.66. The Kier molecular flexibility index (Phi) is 5.95. The number of hydroxylamine groups is 1. The Morgan fingerprint density at radius 2 is 1.96 bits per heavy atom. The highest BCUT2D eigenvalue weighted by Gasteiger charge is 2.48. The molecule has 1 aliphatic heterocycles. The topological polar surface area (TPSA) is 67.4 Å². The van der Waals surface area contributed by atoms with Crippen LogP contribution in [-0.2, 0) is 20.8 Å². The van der Waals surface area contributed by atoms with E-state index in [1.807, 2.05) is 0 Å². The summed E-state index contributed by atoms with van der Waals surface area (Å²) in [6.07, 6.45) is 1.24. The zero-order valence-electron chi connectivity index (χ0n) is 13.3. The summed E-state index contributed by atoms with van der Waals surface area (Å²) in [5, 5.41) is 2.88. The minimum atomic E-state index is -1.39. The van der Waals surface area contributed by atoms with Crippen LogP contribution < -0.4 is 10.8 Å². The van der Waals surface area contributed by atoms with E-state index in [2.05, 4.69) is 10.8 Å². The standard InChI is InChI=1S/C16H19F3N2O3/c1-20-24-15(23)16(6-3-7-21-16)14(22)5-2-4-10-8-12(18)13(19)9-11(10)17/h8-9,20-21H,2-7H2,1H3/t16-/m1/s1. The monoisotopic (exact) mass is 344 g/mol. The molecule has 1 heterocycles. The Labute approximate surface area is 137 Å². The maximum absolute atomic E-state index is 13.6. The number of hydrogen-bond acceptors (Lipinski definition) is 5. The van der Waals surface area contributed by atoms with Gasteiger partial charge in [0.1, 0.15) is 5.82 Å². The Hall–Kier alpha value is -1.93. The fourth-order valence-corrected chi connectivity index (χ4v) is 2.86. The molecule has 2 rings (SSSR count). The second kappa shape index (κ2) is 7.76. The van der Waals surface area contributed by atoms with E-state index in [0.717, 1.165) is 6.07 Å². The van der Waals surface area contributed by atoms with Crippen LogP contribution in [0.25, 0.3) is 0 Å². The van der Waals surface area contributed by atoms with Crippen LogP contribution in [-0.4, -0.2) is 30.9 Å². The molecule has 0 radical (unpaired) electrons. The first-order chi connectivity index (χ1) is 11.4. The molecule has 0 amide bonds. The SMILES string of the molecule is CNOC(=O)[C@]1(C(=O)CCCc2cc(F)c(F)cc2F)CCCN1. The van der Waals surface area contributed by atoms with Crippen molar-refractivity contribution in [3.8, 4) is 0 Å². The number of hydrogen-bond donors (Lipinski definition) is 2. The maximum Gasteiger partial charge on any atom is 0.352 e. The summed E-state index contributed by atoms with van der Waals surface area (Å²) in [4.78, 5) is 29.3. The molecular formula is C16H19F3N2O3. The first kappa shape index (κ1) is 18.4. The first-order valence-corrected chi connectivity index (χ1v) is 7.70. The van der Waals surface area contributed by atoms with Crippen molar-refractivity contribution < 1.29 is 27.6 Å². The third-order valence-electron chi connectivity index (χ3n) is 4.11. The van der Waals surface area contributed by atoms with E-state index in [0.29, 0.717) is 25.5 Å². The number of aryl methyl sites for hydroxylation is 1. The van der Waals surface area contributed by atoms with Crippen molar-refractivity contribution in [1.82, 2.24) is 10.8 Å². The van der Waals surface area contributed by atoms with E-state index < -0.39 is 29.0 Å². The van der Waals surface area contributed by atoms with Gasteiger partial charge in [-0.2, -0.15) is 5.48 Å². The predicted molar refractivity (Wildman–Crippen MR) is 79.4 cm³/mol. The fourth-order valence-electron chi connectivity index (χ4n) is 2.86. The number of carbonyl (C=O) groups is 2. The molecule has 1 aliphatic rings. The van der Waals surface area contributed by atoms with Crippen LogP contribution in [0.3, 0.4) is 0 Å². The molecular weight excluding hydrogens is 325 g/mol. The van der Waals surface area contributed by atoms with Crippen LogP contribution in [0.1, 0.15) is 31.2 Å². The summed E-state index contributed by atoms with van der Waals surface area (Å²) in [5.74, 6) is -4.31. The zero-order chi connectivity index (χ0) is 17.7. The van der Waals surface area contributed by atoms with Crippen molar-refractivity contribution >= 4 is 11.8 Å². The van der Waals surface area contributed by atoms with Gasteiger partial charge in [0.15, 0.2) is 23.0 Å². The maximum atomic E-state index is 13.6. The molecule has 8 heteroatoms. The van der Waals surface area contributed by atoms with Crippen LogP contribution in [0, 0.1) is 17.5 Å². The quantitative estimate of drug-likeness (QED) is 0.448. The van der Waals surface area contributed by atoms with E-state index in [1.165, 1.54) is 7.05 Å². The Bertz CT molecular complexity index is 631. The molecule has 2 N–H and O–H groups in total. The van der Waals surface area contributed by atoms with E-state index in [9.17, 15) is 22.8 Å². The summed E-state index contributed by atoms with van der Waals surface area (Å²) in [6, 6.07) is 1.27. The van der Waals surface area contributed by atoms with Gasteiger partial charge in [0, 0.05) is 19.5 Å². The number of Topliss-reactive ketones (excluding diaryl/α,β-unsaturated/α-hetero) is 1. The van der Waals surface area contributed by atoms with Gasteiger partial charge in [0.05, 0.1) is 0 Å². The summed E-state index contributed by atoms with van der Waals surface area (Å²) in [6.45, 7) is 0.516. The molecule has 24 heavy (non-hydrogen) atoms. The Morgan fingerprint density at radius 3 is 2.58 bits per heavy atom. The molecule has 1 aromatic carbocycles. The lowest BCUT2D eigenvalue weighted by molar-refractivity contribution is -0.160. The van der Waals surface area contributed by atoms with Gasteiger partial charge in [0.25, 0.3) is 0 Å². The number of halogens is 3. The summed E-state index contributed by atoms with van der Waals surface area (Å²) < 4.78 is 39.6. The number of benzene rings is 1.